The highest BCUT2D eigenvalue weighted by Crippen LogP contribution is 2.37. The molecule has 1 atom stereocenters. The summed E-state index contributed by atoms with van der Waals surface area (Å²) < 4.78 is 23.6. The molecule has 0 fully saturated rings. The number of allylic oxidation sites excluding steroid dienone is 1. The third kappa shape index (κ3) is 8.83. The van der Waals surface area contributed by atoms with Gasteiger partial charge >= 0.3 is 5.97 Å². The molecule has 0 aliphatic carbocycles. The van der Waals surface area contributed by atoms with E-state index >= 15 is 0 Å². The number of ether oxygens (including phenoxy) is 4. The lowest BCUT2D eigenvalue weighted by Gasteiger charge is -2.30. The number of halogens is 1. The Morgan fingerprint density at radius 2 is 1.83 bits per heavy atom. The Bertz CT molecular complexity index is 1700. The lowest BCUT2D eigenvalue weighted by atomic mass is 9.95. The predicted molar refractivity (Wildman–Crippen MR) is 179 cm³/mol. The van der Waals surface area contributed by atoms with E-state index in [1.165, 1.54) is 6.21 Å². The highest BCUT2D eigenvalue weighted by molar-refractivity contribution is 9.10. The minimum atomic E-state index is -0.640. The summed E-state index contributed by atoms with van der Waals surface area (Å²) in [5.74, 6) is 0.415. The third-order valence-corrected chi connectivity index (χ3v) is 7.36. The SMILES string of the molecule is CCOC(=O)C1=C(C)NC(=S)N[C@@H]1c1ccccc1OCC(=O)NN=Cc1cc(Br)c(OCc2ccc(C#N)cc2)c(OCC)c1. The van der Waals surface area contributed by atoms with Crippen molar-refractivity contribution in [3.05, 3.63) is 98.7 Å². The fraction of sp³-hybridized carbons (Fsp3) is 0.242. The van der Waals surface area contributed by atoms with Gasteiger partial charge in [-0.05, 0) is 90.4 Å². The molecule has 3 aromatic carbocycles. The van der Waals surface area contributed by atoms with Crippen LogP contribution in [0.1, 0.15) is 49.1 Å². The molecule has 1 aliphatic heterocycles. The summed E-state index contributed by atoms with van der Waals surface area (Å²) in [6.45, 7) is 5.90. The van der Waals surface area contributed by atoms with E-state index in [2.05, 4.69) is 43.2 Å². The summed E-state index contributed by atoms with van der Waals surface area (Å²) in [5.41, 5.74) is 6.13. The van der Waals surface area contributed by atoms with E-state index in [-0.39, 0.29) is 19.8 Å². The van der Waals surface area contributed by atoms with Crippen LogP contribution in [0.2, 0.25) is 0 Å². The number of carbonyl (C=O) groups is 2. The summed E-state index contributed by atoms with van der Waals surface area (Å²) in [5, 5.41) is 19.5. The molecule has 3 aromatic rings. The molecule has 0 unspecified atom stereocenters. The largest absolute Gasteiger partial charge is 0.490 e. The van der Waals surface area contributed by atoms with E-state index in [4.69, 9.17) is 36.4 Å². The van der Waals surface area contributed by atoms with Gasteiger partial charge in [-0.1, -0.05) is 30.3 Å². The first-order chi connectivity index (χ1) is 22.2. The molecule has 11 nitrogen and oxygen atoms in total. The van der Waals surface area contributed by atoms with Gasteiger partial charge in [-0.15, -0.1) is 0 Å². The molecule has 1 aliphatic rings. The molecule has 4 rings (SSSR count). The zero-order valence-corrected chi connectivity index (χ0v) is 27.8. The fourth-order valence-electron chi connectivity index (χ4n) is 4.51. The third-order valence-electron chi connectivity index (χ3n) is 6.55. The standard InChI is InChI=1S/C33H32BrN5O6S/c1-4-42-27-15-23(14-25(34)31(27)45-18-22-12-10-21(16-35)11-13-22)17-36-39-28(40)19-44-26-9-7-6-8-24(26)30-29(32(41)43-5-2)20(3)37-33(46)38-30/h6-15,17,30H,4-5,18-19H2,1-3H3,(H,39,40)(H2,37,38,46)/t30-/m1/s1. The average Bonchev–Trinajstić information content (AvgIpc) is 3.03. The number of amides is 1. The zero-order chi connectivity index (χ0) is 33.1. The van der Waals surface area contributed by atoms with Crippen LogP contribution in [0.25, 0.3) is 0 Å². The molecule has 13 heteroatoms. The number of carbonyl (C=O) groups excluding carboxylic acids is 2. The number of thiocarbonyl (C=S) groups is 1. The van der Waals surface area contributed by atoms with Crippen LogP contribution in [-0.2, 0) is 20.9 Å². The first-order valence-corrected chi connectivity index (χ1v) is 15.5. The second kappa shape index (κ2) is 16.4. The monoisotopic (exact) mass is 705 g/mol. The van der Waals surface area contributed by atoms with Crippen molar-refractivity contribution < 1.29 is 28.5 Å². The summed E-state index contributed by atoms with van der Waals surface area (Å²) in [6.07, 6.45) is 1.47. The zero-order valence-electron chi connectivity index (χ0n) is 25.4. The number of rotatable bonds is 13. The average molecular weight is 707 g/mol. The van der Waals surface area contributed by atoms with Crippen LogP contribution < -0.4 is 30.3 Å². The predicted octanol–water partition coefficient (Wildman–Crippen LogP) is 5.18. The summed E-state index contributed by atoms with van der Waals surface area (Å²) in [7, 11) is 0. The maximum Gasteiger partial charge on any atom is 0.338 e. The van der Waals surface area contributed by atoms with Gasteiger partial charge in [0.25, 0.3) is 5.91 Å². The molecule has 1 amide bonds. The summed E-state index contributed by atoms with van der Waals surface area (Å²) in [6, 6.07) is 19.2. The number of nitriles is 1. The first-order valence-electron chi connectivity index (χ1n) is 14.3. The number of hydrazone groups is 1. The van der Waals surface area contributed by atoms with Crippen molar-refractivity contribution in [1.82, 2.24) is 16.1 Å². The molecule has 0 aromatic heterocycles. The number of hydrogen-bond donors (Lipinski definition) is 3. The van der Waals surface area contributed by atoms with Gasteiger partial charge in [-0.25, -0.2) is 10.2 Å². The molecule has 46 heavy (non-hydrogen) atoms. The van der Waals surface area contributed by atoms with E-state index in [0.717, 1.165) is 5.56 Å². The lowest BCUT2D eigenvalue weighted by molar-refractivity contribution is -0.139. The number of esters is 1. The van der Waals surface area contributed by atoms with Gasteiger partial charge in [0.15, 0.2) is 23.2 Å². The number of benzene rings is 3. The molecule has 0 saturated heterocycles. The number of hydrogen-bond acceptors (Lipinski definition) is 9. The molecule has 0 bridgehead atoms. The number of para-hydroxylation sites is 1. The molecule has 0 saturated carbocycles. The first kappa shape index (κ1) is 34.0. The highest BCUT2D eigenvalue weighted by Gasteiger charge is 2.32. The smallest absolute Gasteiger partial charge is 0.338 e. The summed E-state index contributed by atoms with van der Waals surface area (Å²) in [4.78, 5) is 25.4. The number of nitrogens with zero attached hydrogens (tertiary/aromatic N) is 2. The Labute approximate surface area is 280 Å². The summed E-state index contributed by atoms with van der Waals surface area (Å²) >= 11 is 8.86. The normalized spacial score (nSPS) is 14.2. The van der Waals surface area contributed by atoms with Crippen LogP contribution in [0.15, 0.2) is 81.5 Å². The van der Waals surface area contributed by atoms with Crippen LogP contribution in [-0.4, -0.2) is 43.0 Å². The second-order valence-electron chi connectivity index (χ2n) is 9.77. The molecule has 238 valence electrons. The van der Waals surface area contributed by atoms with Gasteiger partial charge in [-0.2, -0.15) is 10.4 Å². The van der Waals surface area contributed by atoms with Crippen molar-refractivity contribution in [1.29, 1.82) is 5.26 Å². The van der Waals surface area contributed by atoms with E-state index in [1.54, 1.807) is 62.4 Å². The molecular weight excluding hydrogens is 674 g/mol. The van der Waals surface area contributed by atoms with Crippen molar-refractivity contribution in [3.8, 4) is 23.3 Å². The van der Waals surface area contributed by atoms with Gasteiger partial charge in [0.2, 0.25) is 0 Å². The van der Waals surface area contributed by atoms with E-state index in [0.29, 0.717) is 61.4 Å². The van der Waals surface area contributed by atoms with Crippen molar-refractivity contribution >= 4 is 51.4 Å². The number of nitrogens with one attached hydrogen (secondary N) is 3. The Hall–Kier alpha value is -4.93. The van der Waals surface area contributed by atoms with Crippen LogP contribution in [0.5, 0.6) is 17.2 Å². The van der Waals surface area contributed by atoms with Crippen LogP contribution >= 0.6 is 28.1 Å². The van der Waals surface area contributed by atoms with Gasteiger partial charge in [0.05, 0.1) is 47.1 Å². The quantitative estimate of drug-likeness (QED) is 0.0942. The molecule has 1 heterocycles. The molecule has 3 N–H and O–H groups in total. The molecule has 0 spiro atoms. The molecule has 0 radical (unpaired) electrons. The van der Waals surface area contributed by atoms with Crippen LogP contribution in [0.4, 0.5) is 0 Å². The minimum Gasteiger partial charge on any atom is -0.490 e. The minimum absolute atomic E-state index is 0.216. The van der Waals surface area contributed by atoms with Crippen molar-refractivity contribution in [2.75, 3.05) is 19.8 Å². The van der Waals surface area contributed by atoms with Crippen LogP contribution in [0, 0.1) is 11.3 Å². The molecular formula is C33H32BrN5O6S. The van der Waals surface area contributed by atoms with E-state index in [9.17, 15) is 9.59 Å². The van der Waals surface area contributed by atoms with Gasteiger partial charge in [0, 0.05) is 11.3 Å². The van der Waals surface area contributed by atoms with Crippen LogP contribution in [0.3, 0.4) is 0 Å². The second-order valence-corrected chi connectivity index (χ2v) is 11.0. The Balaban J connectivity index is 1.40. The lowest BCUT2D eigenvalue weighted by Crippen LogP contribution is -2.45. The van der Waals surface area contributed by atoms with Crippen molar-refractivity contribution in [2.24, 2.45) is 5.10 Å². The van der Waals surface area contributed by atoms with Crippen molar-refractivity contribution in [3.63, 3.8) is 0 Å². The Morgan fingerprint density at radius 1 is 1.07 bits per heavy atom. The Kier molecular flexibility index (Phi) is 12.1. The van der Waals surface area contributed by atoms with Gasteiger partial charge in [0.1, 0.15) is 12.4 Å². The van der Waals surface area contributed by atoms with Gasteiger partial charge in [-0.3, -0.25) is 4.79 Å². The van der Waals surface area contributed by atoms with E-state index < -0.39 is 17.9 Å². The maximum absolute atomic E-state index is 12.8. The van der Waals surface area contributed by atoms with E-state index in [1.807, 2.05) is 19.1 Å². The maximum atomic E-state index is 12.8. The Morgan fingerprint density at radius 3 is 2.54 bits per heavy atom. The van der Waals surface area contributed by atoms with Gasteiger partial charge < -0.3 is 29.6 Å². The fourth-order valence-corrected chi connectivity index (χ4v) is 5.35. The topological polar surface area (TPSA) is 143 Å². The highest BCUT2D eigenvalue weighted by atomic mass is 79.9. The van der Waals surface area contributed by atoms with Crippen molar-refractivity contribution in [2.45, 2.75) is 33.4 Å².